The van der Waals surface area contributed by atoms with E-state index in [2.05, 4.69) is 31.8 Å². The van der Waals surface area contributed by atoms with Gasteiger partial charge in [-0.05, 0) is 32.1 Å². The number of anilines is 2. The summed E-state index contributed by atoms with van der Waals surface area (Å²) in [5.74, 6) is 0.782. The minimum Gasteiger partial charge on any atom is -0.391 e. The molecule has 2 aliphatic rings. The van der Waals surface area contributed by atoms with Crippen molar-refractivity contribution in [3.05, 3.63) is 24.2 Å². The Bertz CT molecular complexity index is 1070. The van der Waals surface area contributed by atoms with Crippen molar-refractivity contribution in [2.75, 3.05) is 23.7 Å². The summed E-state index contributed by atoms with van der Waals surface area (Å²) in [7, 11) is -1.87. The summed E-state index contributed by atoms with van der Waals surface area (Å²) >= 11 is 0. The van der Waals surface area contributed by atoms with Gasteiger partial charge in [0.15, 0.2) is 0 Å². The van der Waals surface area contributed by atoms with Gasteiger partial charge in [-0.15, -0.1) is 0 Å². The Kier molecular flexibility index (Phi) is 6.08. The normalized spacial score (nSPS) is 22.9. The summed E-state index contributed by atoms with van der Waals surface area (Å²) in [6.45, 7) is 0.759. The molecule has 2 aromatic heterocycles. The third-order valence-corrected chi connectivity index (χ3v) is 7.67. The molecular weight excluding hydrogens is 420 g/mol. The van der Waals surface area contributed by atoms with Gasteiger partial charge in [-0.2, -0.15) is 19.6 Å². The highest BCUT2D eigenvalue weighted by atomic mass is 32.2. The maximum Gasteiger partial charge on any atom is 0.246 e. The fourth-order valence-corrected chi connectivity index (χ4v) is 5.49. The first-order chi connectivity index (χ1) is 14.9. The second kappa shape index (κ2) is 8.78. The lowest BCUT2D eigenvalue weighted by molar-refractivity contribution is 0.171. The van der Waals surface area contributed by atoms with Crippen molar-refractivity contribution in [1.29, 1.82) is 5.26 Å². The van der Waals surface area contributed by atoms with E-state index >= 15 is 0 Å². The molecule has 31 heavy (non-hydrogen) atoms. The summed E-state index contributed by atoms with van der Waals surface area (Å²) in [6, 6.07) is 1.96. The molecule has 1 saturated carbocycles. The van der Waals surface area contributed by atoms with Gasteiger partial charge in [-0.3, -0.25) is 4.68 Å². The number of aryl methyl sites for hydroxylation is 1. The quantitative estimate of drug-likeness (QED) is 0.582. The van der Waals surface area contributed by atoms with E-state index in [1.807, 2.05) is 0 Å². The van der Waals surface area contributed by atoms with E-state index in [1.165, 1.54) is 27.6 Å². The summed E-state index contributed by atoms with van der Waals surface area (Å²) in [4.78, 5) is 8.87. The highest BCUT2D eigenvalue weighted by Gasteiger charge is 2.31. The number of nitrogens with one attached hydrogen (secondary N) is 2. The molecule has 0 amide bonds. The fourth-order valence-electron chi connectivity index (χ4n) is 4.03. The maximum absolute atomic E-state index is 12.7. The zero-order valence-electron chi connectivity index (χ0n) is 17.3. The molecule has 1 saturated heterocycles. The van der Waals surface area contributed by atoms with E-state index in [9.17, 15) is 18.8 Å². The summed E-state index contributed by atoms with van der Waals surface area (Å²) in [6.07, 6.45) is 7.56. The maximum atomic E-state index is 12.7. The molecule has 12 heteroatoms. The monoisotopic (exact) mass is 446 g/mol. The van der Waals surface area contributed by atoms with Gasteiger partial charge in [-0.25, -0.2) is 13.4 Å². The molecule has 3 heterocycles. The van der Waals surface area contributed by atoms with Crippen LogP contribution in [0, 0.1) is 11.3 Å². The molecular formula is C19H26N8O3S. The van der Waals surface area contributed by atoms with Gasteiger partial charge >= 0.3 is 0 Å². The number of sulfonamides is 1. The zero-order valence-corrected chi connectivity index (χ0v) is 18.1. The fraction of sp³-hybridized carbons (Fsp3) is 0.579. The number of piperidine rings is 1. The van der Waals surface area contributed by atoms with Crippen LogP contribution in [0.2, 0.25) is 0 Å². The summed E-state index contributed by atoms with van der Waals surface area (Å²) < 4.78 is 28.4. The number of aliphatic hydroxyl groups is 1. The Labute approximate surface area is 181 Å². The predicted octanol–water partition coefficient (Wildman–Crippen LogP) is 0.672. The van der Waals surface area contributed by atoms with Crippen molar-refractivity contribution in [2.24, 2.45) is 7.05 Å². The van der Waals surface area contributed by atoms with Crippen molar-refractivity contribution in [2.45, 2.75) is 55.2 Å². The highest BCUT2D eigenvalue weighted by molar-refractivity contribution is 7.89. The van der Waals surface area contributed by atoms with E-state index in [1.54, 1.807) is 7.05 Å². The number of hydrogen-bond acceptors (Lipinski definition) is 9. The number of nitriles is 1. The molecule has 2 atom stereocenters. The van der Waals surface area contributed by atoms with Crippen LogP contribution in [0.4, 0.5) is 11.8 Å². The van der Waals surface area contributed by atoms with E-state index < -0.39 is 16.1 Å². The molecule has 2 fully saturated rings. The average Bonchev–Trinajstić information content (AvgIpc) is 3.37. The molecule has 0 radical (unpaired) electrons. The Balaban J connectivity index is 1.39. The molecule has 2 aromatic rings. The molecule has 1 aliphatic carbocycles. The third kappa shape index (κ3) is 4.63. The molecule has 0 aromatic carbocycles. The molecule has 11 nitrogen and oxygen atoms in total. The van der Waals surface area contributed by atoms with Crippen LogP contribution in [0.25, 0.3) is 0 Å². The van der Waals surface area contributed by atoms with Crippen molar-refractivity contribution < 1.29 is 13.5 Å². The van der Waals surface area contributed by atoms with Gasteiger partial charge < -0.3 is 15.7 Å². The first-order valence-corrected chi connectivity index (χ1v) is 11.8. The third-order valence-electron chi connectivity index (χ3n) is 5.82. The zero-order chi connectivity index (χ0) is 22.0. The molecule has 0 spiro atoms. The topological polar surface area (TPSA) is 149 Å². The smallest absolute Gasteiger partial charge is 0.246 e. The number of rotatable bonds is 6. The first kappa shape index (κ1) is 21.5. The minimum absolute atomic E-state index is 0.0122. The van der Waals surface area contributed by atoms with Crippen molar-refractivity contribution in [3.8, 4) is 6.07 Å². The van der Waals surface area contributed by atoms with Crippen LogP contribution in [-0.2, 0) is 17.1 Å². The number of hydrogen-bond donors (Lipinski definition) is 3. The van der Waals surface area contributed by atoms with Crippen molar-refractivity contribution >= 4 is 21.8 Å². The molecule has 0 bridgehead atoms. The Hall–Kier alpha value is -2.75. The van der Waals surface area contributed by atoms with Crippen molar-refractivity contribution in [3.63, 3.8) is 0 Å². The van der Waals surface area contributed by atoms with E-state index in [4.69, 9.17) is 0 Å². The Morgan fingerprint density at radius 1 is 1.19 bits per heavy atom. The first-order valence-electron chi connectivity index (χ1n) is 10.3. The lowest BCUT2D eigenvalue weighted by Gasteiger charge is -2.31. The van der Waals surface area contributed by atoms with E-state index in [-0.39, 0.29) is 17.0 Å². The largest absolute Gasteiger partial charge is 0.391 e. The SMILES string of the molecule is Cn1cc(S(=O)(=O)N2CCC(Nc3ncc(C#N)c(NC4CCC[C@@H]4O)n3)CC2)cn1. The van der Waals surface area contributed by atoms with Crippen LogP contribution < -0.4 is 10.6 Å². The van der Waals surface area contributed by atoms with Gasteiger partial charge in [0.05, 0.1) is 24.5 Å². The highest BCUT2D eigenvalue weighted by Crippen LogP contribution is 2.25. The van der Waals surface area contributed by atoms with Crippen LogP contribution >= 0.6 is 0 Å². The molecule has 166 valence electrons. The van der Waals surface area contributed by atoms with Crippen LogP contribution in [0.5, 0.6) is 0 Å². The molecule has 4 rings (SSSR count). The van der Waals surface area contributed by atoms with Gasteiger partial charge in [0.25, 0.3) is 0 Å². The summed E-state index contributed by atoms with van der Waals surface area (Å²) in [5.41, 5.74) is 0.321. The average molecular weight is 447 g/mol. The van der Waals surface area contributed by atoms with Crippen LogP contribution in [0.3, 0.4) is 0 Å². The van der Waals surface area contributed by atoms with Crippen LogP contribution in [-0.4, -0.2) is 68.9 Å². The van der Waals surface area contributed by atoms with Crippen LogP contribution in [0.15, 0.2) is 23.5 Å². The summed E-state index contributed by atoms with van der Waals surface area (Å²) in [5, 5.41) is 29.8. The van der Waals surface area contributed by atoms with Gasteiger partial charge in [-0.1, -0.05) is 0 Å². The van der Waals surface area contributed by atoms with Gasteiger partial charge in [0, 0.05) is 32.4 Å². The molecule has 1 unspecified atom stereocenters. The van der Waals surface area contributed by atoms with E-state index in [0.717, 1.165) is 19.3 Å². The van der Waals surface area contributed by atoms with Crippen molar-refractivity contribution in [1.82, 2.24) is 24.1 Å². The van der Waals surface area contributed by atoms with Gasteiger partial charge in [0.2, 0.25) is 16.0 Å². The molecule has 3 N–H and O–H groups in total. The second-order valence-corrected chi connectivity index (χ2v) is 9.93. The minimum atomic E-state index is -3.55. The number of aliphatic hydroxyl groups excluding tert-OH is 1. The van der Waals surface area contributed by atoms with Gasteiger partial charge in [0.1, 0.15) is 22.3 Å². The lowest BCUT2D eigenvalue weighted by Crippen LogP contribution is -2.42. The number of nitrogens with zero attached hydrogens (tertiary/aromatic N) is 6. The Morgan fingerprint density at radius 2 is 1.97 bits per heavy atom. The predicted molar refractivity (Wildman–Crippen MR) is 113 cm³/mol. The Morgan fingerprint density at radius 3 is 2.58 bits per heavy atom. The van der Waals surface area contributed by atoms with E-state index in [0.29, 0.717) is 43.3 Å². The lowest BCUT2D eigenvalue weighted by atomic mass is 10.1. The standard InChI is InChI=1S/C19H26N8O3S/c1-26-12-15(11-22-26)31(29,30)27-7-5-14(6-8-27)23-19-21-10-13(9-20)18(25-19)24-16-3-2-4-17(16)28/h10-12,14,16-17,28H,2-8H2,1H3,(H2,21,23,24,25)/t16?,17-/m0/s1. The number of aromatic nitrogens is 4. The second-order valence-electron chi connectivity index (χ2n) is 7.99. The molecule has 1 aliphatic heterocycles. The van der Waals surface area contributed by atoms with Crippen LogP contribution in [0.1, 0.15) is 37.7 Å².